The van der Waals surface area contributed by atoms with Crippen molar-refractivity contribution in [1.82, 2.24) is 0 Å². The average molecular weight is 73.1 g/mol. The fourth-order valence-electron chi connectivity index (χ4n) is 0.0609. The normalized spacial score (nSPS) is 9.80. The van der Waals surface area contributed by atoms with E-state index in [-0.39, 0.29) is 0 Å². The van der Waals surface area contributed by atoms with Crippen molar-refractivity contribution in [2.45, 2.75) is 0 Å². The van der Waals surface area contributed by atoms with Gasteiger partial charge in [-0.1, -0.05) is 0 Å². The zero-order chi connectivity index (χ0) is 4.12. The first-order chi connectivity index (χ1) is 2.41. The second-order valence-electron chi connectivity index (χ2n) is 0.620. The first-order valence-corrected chi connectivity index (χ1v) is 1.41. The van der Waals surface area contributed by atoms with Crippen LogP contribution < -0.4 is 5.73 Å². The average Bonchev–Trinajstić information content (AvgIpc) is 1.41. The Morgan fingerprint density at radius 1 is 1.80 bits per heavy atom. The van der Waals surface area contributed by atoms with E-state index in [0.29, 0.717) is 6.54 Å². The quantitative estimate of drug-likeness (QED) is 0.430. The summed E-state index contributed by atoms with van der Waals surface area (Å²) < 4.78 is 0. The Bertz CT molecular complexity index is 33.9. The summed E-state index contributed by atoms with van der Waals surface area (Å²) in [6.45, 7) is 0.413. The van der Waals surface area contributed by atoms with Gasteiger partial charge in [-0.2, -0.15) is 0 Å². The van der Waals surface area contributed by atoms with Crippen molar-refractivity contribution in [1.29, 1.82) is 0 Å². The largest absolute Gasteiger partial charge is 0.516 e. The number of hydrogen-bond acceptors (Lipinski definition) is 2. The molecule has 0 aromatic rings. The van der Waals surface area contributed by atoms with E-state index in [9.17, 15) is 0 Å². The predicted molar refractivity (Wildman–Crippen MR) is 20.8 cm³/mol. The first kappa shape index (κ1) is 4.50. The summed E-state index contributed by atoms with van der Waals surface area (Å²) in [5.74, 6) is 0. The maximum Gasteiger partial charge on any atom is 0.0764 e. The molecular formula is C3H7NO. The zero-order valence-corrected chi connectivity index (χ0v) is 2.89. The summed E-state index contributed by atoms with van der Waals surface area (Å²) in [6.07, 6.45) is 2.39. The third-order valence-electron chi connectivity index (χ3n) is 0.241. The molecule has 5 heavy (non-hydrogen) atoms. The molecule has 2 nitrogen and oxygen atoms in total. The smallest absolute Gasteiger partial charge is 0.0764 e. The van der Waals surface area contributed by atoms with Crippen molar-refractivity contribution in [3.05, 3.63) is 12.3 Å². The second-order valence-corrected chi connectivity index (χ2v) is 0.620. The topological polar surface area (TPSA) is 46.2 Å². The highest BCUT2D eigenvalue weighted by Crippen LogP contribution is 1.52. The van der Waals surface area contributed by atoms with Crippen LogP contribution in [0.1, 0.15) is 0 Å². The predicted octanol–water partition coefficient (Wildman–Crippen LogP) is 0.0168. The van der Waals surface area contributed by atoms with Crippen LogP contribution in [0.15, 0.2) is 12.3 Å². The van der Waals surface area contributed by atoms with Crippen LogP contribution in [-0.2, 0) is 0 Å². The van der Waals surface area contributed by atoms with Crippen molar-refractivity contribution in [2.24, 2.45) is 5.73 Å². The lowest BCUT2D eigenvalue weighted by Crippen LogP contribution is -1.91. The van der Waals surface area contributed by atoms with Crippen molar-refractivity contribution in [2.75, 3.05) is 6.54 Å². The van der Waals surface area contributed by atoms with Gasteiger partial charge in [0.15, 0.2) is 0 Å². The van der Waals surface area contributed by atoms with E-state index in [2.05, 4.69) is 0 Å². The van der Waals surface area contributed by atoms with E-state index in [4.69, 9.17) is 10.8 Å². The molecule has 0 spiro atoms. The fraction of sp³-hybridized carbons (Fsp3) is 0.333. The van der Waals surface area contributed by atoms with Crippen LogP contribution in [0.2, 0.25) is 0 Å². The van der Waals surface area contributed by atoms with Crippen LogP contribution in [0.3, 0.4) is 0 Å². The van der Waals surface area contributed by atoms with Crippen molar-refractivity contribution in [3.63, 3.8) is 0 Å². The van der Waals surface area contributed by atoms with Gasteiger partial charge in [-0.25, -0.2) is 0 Å². The monoisotopic (exact) mass is 73.1 g/mol. The molecule has 0 unspecified atom stereocenters. The van der Waals surface area contributed by atoms with E-state index >= 15 is 0 Å². The minimum atomic E-state index is 0.413. The number of hydrogen-bond donors (Lipinski definition) is 2. The molecule has 3 N–H and O–H groups in total. The van der Waals surface area contributed by atoms with Crippen molar-refractivity contribution in [3.8, 4) is 0 Å². The fourth-order valence-corrected chi connectivity index (χ4v) is 0.0609. The summed E-state index contributed by atoms with van der Waals surface area (Å²) in [4.78, 5) is 0. The zero-order valence-electron chi connectivity index (χ0n) is 2.89. The molecule has 30 valence electrons. The molecule has 2 heteroatoms. The van der Waals surface area contributed by atoms with Gasteiger partial charge in [0.2, 0.25) is 0 Å². The highest BCUT2D eigenvalue weighted by molar-refractivity contribution is 4.70. The third kappa shape index (κ3) is 3.50. The number of rotatable bonds is 1. The molecular weight excluding hydrogens is 66.0 g/mol. The molecule has 0 saturated heterocycles. The van der Waals surface area contributed by atoms with Gasteiger partial charge in [0.05, 0.1) is 6.26 Å². The SMILES string of the molecule is NC/C=C\O. The Hall–Kier alpha value is -0.500. The van der Waals surface area contributed by atoms with E-state index in [1.54, 1.807) is 0 Å². The van der Waals surface area contributed by atoms with Crippen LogP contribution in [0, 0.1) is 0 Å². The summed E-state index contributed by atoms with van der Waals surface area (Å²) in [7, 11) is 0. The minimum Gasteiger partial charge on any atom is -0.516 e. The minimum absolute atomic E-state index is 0.413. The molecule has 0 rings (SSSR count). The van der Waals surface area contributed by atoms with Crippen LogP contribution in [0.25, 0.3) is 0 Å². The lowest BCUT2D eigenvalue weighted by Gasteiger charge is -1.67. The number of aliphatic hydroxyl groups excluding tert-OH is 1. The van der Waals surface area contributed by atoms with Gasteiger partial charge >= 0.3 is 0 Å². The van der Waals surface area contributed by atoms with Crippen molar-refractivity contribution >= 4 is 0 Å². The molecule has 0 amide bonds. The number of aliphatic hydroxyl groups is 1. The molecule has 0 aliphatic carbocycles. The molecule has 0 heterocycles. The Balaban J connectivity index is 2.62. The summed E-state index contributed by atoms with van der Waals surface area (Å²) in [5, 5.41) is 7.81. The molecule has 0 aromatic carbocycles. The van der Waals surface area contributed by atoms with Gasteiger partial charge in [-0.15, -0.1) is 0 Å². The Morgan fingerprint density at radius 2 is 2.40 bits per heavy atom. The Morgan fingerprint density at radius 3 is 2.40 bits per heavy atom. The van der Waals surface area contributed by atoms with Crippen LogP contribution >= 0.6 is 0 Å². The van der Waals surface area contributed by atoms with Gasteiger partial charge in [0.25, 0.3) is 0 Å². The van der Waals surface area contributed by atoms with E-state index in [0.717, 1.165) is 6.26 Å². The highest BCUT2D eigenvalue weighted by atomic mass is 16.2. The Kier molecular flexibility index (Phi) is 3.15. The molecule has 0 bridgehead atoms. The molecule has 0 fully saturated rings. The summed E-state index contributed by atoms with van der Waals surface area (Å²) in [6, 6.07) is 0. The van der Waals surface area contributed by atoms with Crippen LogP contribution in [-0.4, -0.2) is 11.7 Å². The first-order valence-electron chi connectivity index (χ1n) is 1.41. The molecule has 0 aliphatic heterocycles. The van der Waals surface area contributed by atoms with E-state index < -0.39 is 0 Å². The van der Waals surface area contributed by atoms with E-state index in [1.165, 1.54) is 6.08 Å². The molecule has 0 radical (unpaired) electrons. The standard InChI is InChI=1S/C3H7NO/c4-2-1-3-5/h1,3,5H,2,4H2/b3-1-. The second kappa shape index (κ2) is 3.50. The molecule has 0 aromatic heterocycles. The summed E-state index contributed by atoms with van der Waals surface area (Å²) >= 11 is 0. The van der Waals surface area contributed by atoms with Gasteiger partial charge in [-0.05, 0) is 6.08 Å². The molecule has 0 aliphatic rings. The van der Waals surface area contributed by atoms with Crippen LogP contribution in [0.4, 0.5) is 0 Å². The lowest BCUT2D eigenvalue weighted by atomic mass is 10.6. The third-order valence-corrected chi connectivity index (χ3v) is 0.241. The lowest BCUT2D eigenvalue weighted by molar-refractivity contribution is 0.472. The highest BCUT2D eigenvalue weighted by Gasteiger charge is 1.52. The van der Waals surface area contributed by atoms with Gasteiger partial charge in [-0.3, -0.25) is 0 Å². The van der Waals surface area contributed by atoms with Crippen LogP contribution in [0.5, 0.6) is 0 Å². The number of nitrogens with two attached hydrogens (primary N) is 1. The maximum atomic E-state index is 7.81. The van der Waals surface area contributed by atoms with Crippen molar-refractivity contribution < 1.29 is 5.11 Å². The van der Waals surface area contributed by atoms with Gasteiger partial charge in [0.1, 0.15) is 0 Å². The Labute approximate surface area is 30.9 Å². The summed E-state index contributed by atoms with van der Waals surface area (Å²) in [5.41, 5.74) is 4.89. The molecule has 0 saturated carbocycles. The molecule has 0 atom stereocenters. The maximum absolute atomic E-state index is 7.81. The van der Waals surface area contributed by atoms with Gasteiger partial charge in [0, 0.05) is 6.54 Å². The van der Waals surface area contributed by atoms with Gasteiger partial charge < -0.3 is 10.8 Å². The van der Waals surface area contributed by atoms with E-state index in [1.807, 2.05) is 0 Å².